The summed E-state index contributed by atoms with van der Waals surface area (Å²) in [4.78, 5) is 23.3. The number of nitrogens with zero attached hydrogens (tertiary/aromatic N) is 2. The number of carbonyl (C=O) groups is 1. The molecular weight excluding hydrogens is 328 g/mol. The van der Waals surface area contributed by atoms with Gasteiger partial charge >= 0.3 is 0 Å². The van der Waals surface area contributed by atoms with Crippen molar-refractivity contribution in [3.05, 3.63) is 78.0 Å². The zero-order chi connectivity index (χ0) is 17.9. The van der Waals surface area contributed by atoms with Gasteiger partial charge in [0.05, 0.1) is 5.56 Å². The second-order valence-corrected chi connectivity index (χ2v) is 5.80. The van der Waals surface area contributed by atoms with E-state index >= 15 is 0 Å². The van der Waals surface area contributed by atoms with Gasteiger partial charge in [0.1, 0.15) is 23.7 Å². The van der Waals surface area contributed by atoms with Crippen LogP contribution in [0.2, 0.25) is 0 Å². The zero-order valence-corrected chi connectivity index (χ0v) is 13.8. The molecule has 2 aromatic carbocycles. The van der Waals surface area contributed by atoms with Crippen LogP contribution in [0.15, 0.2) is 66.9 Å². The van der Waals surface area contributed by atoms with Crippen molar-refractivity contribution in [2.75, 3.05) is 0 Å². The SMILES string of the molecule is NC(=O)c1ccnc2[nH]c(-c3ccc(OCc4ccccc4)cc3)nc12. The average Bonchev–Trinajstić information content (AvgIpc) is 3.11. The highest BCUT2D eigenvalue weighted by molar-refractivity contribution is 6.03. The molecule has 0 aliphatic heterocycles. The predicted octanol–water partition coefficient (Wildman–Crippen LogP) is 3.30. The number of pyridine rings is 1. The largest absolute Gasteiger partial charge is 0.489 e. The Morgan fingerprint density at radius 1 is 1.04 bits per heavy atom. The molecule has 0 spiro atoms. The highest BCUT2D eigenvalue weighted by Gasteiger charge is 2.13. The smallest absolute Gasteiger partial charge is 0.251 e. The van der Waals surface area contributed by atoms with E-state index in [-0.39, 0.29) is 0 Å². The molecule has 0 atom stereocenters. The highest BCUT2D eigenvalue weighted by Crippen LogP contribution is 2.24. The van der Waals surface area contributed by atoms with Crippen LogP contribution < -0.4 is 10.5 Å². The first-order valence-electron chi connectivity index (χ1n) is 8.12. The van der Waals surface area contributed by atoms with Crippen molar-refractivity contribution in [3.8, 4) is 17.1 Å². The summed E-state index contributed by atoms with van der Waals surface area (Å²) < 4.78 is 5.79. The molecule has 4 aromatic rings. The predicted molar refractivity (Wildman–Crippen MR) is 98.6 cm³/mol. The number of primary amides is 1. The van der Waals surface area contributed by atoms with Crippen molar-refractivity contribution in [2.45, 2.75) is 6.61 Å². The van der Waals surface area contributed by atoms with E-state index in [1.807, 2.05) is 54.6 Å². The Labute approximate surface area is 149 Å². The number of hydrogen-bond donors (Lipinski definition) is 2. The van der Waals surface area contributed by atoms with Crippen molar-refractivity contribution in [1.82, 2.24) is 15.0 Å². The van der Waals surface area contributed by atoms with Crippen LogP contribution in [0.4, 0.5) is 0 Å². The van der Waals surface area contributed by atoms with E-state index < -0.39 is 5.91 Å². The van der Waals surface area contributed by atoms with Crippen molar-refractivity contribution < 1.29 is 9.53 Å². The highest BCUT2D eigenvalue weighted by atomic mass is 16.5. The molecule has 0 saturated carbocycles. The molecular formula is C20H16N4O2. The Morgan fingerprint density at radius 2 is 1.81 bits per heavy atom. The molecule has 0 aliphatic rings. The molecule has 1 amide bonds. The van der Waals surface area contributed by atoms with Crippen LogP contribution in [0.3, 0.4) is 0 Å². The quantitative estimate of drug-likeness (QED) is 0.581. The lowest BCUT2D eigenvalue weighted by Crippen LogP contribution is -2.11. The van der Waals surface area contributed by atoms with Gasteiger partial charge in [-0.15, -0.1) is 0 Å². The summed E-state index contributed by atoms with van der Waals surface area (Å²) in [5.74, 6) is 0.862. The number of fused-ring (bicyclic) bond motifs is 1. The number of aromatic amines is 1. The molecule has 2 heterocycles. The van der Waals surface area contributed by atoms with Gasteiger partial charge in [0.15, 0.2) is 5.65 Å². The summed E-state index contributed by atoms with van der Waals surface area (Å²) in [6, 6.07) is 19.1. The van der Waals surface area contributed by atoms with Crippen molar-refractivity contribution in [2.24, 2.45) is 5.73 Å². The standard InChI is InChI=1S/C20H16N4O2/c21-18(25)16-10-11-22-20-17(16)23-19(24-20)14-6-8-15(9-7-14)26-12-13-4-2-1-3-5-13/h1-11H,12H2,(H2,21,25)(H,22,23,24). The first-order chi connectivity index (χ1) is 12.7. The summed E-state index contributed by atoms with van der Waals surface area (Å²) in [7, 11) is 0. The maximum absolute atomic E-state index is 11.5. The number of carbonyl (C=O) groups excluding carboxylic acids is 1. The minimum Gasteiger partial charge on any atom is -0.489 e. The fourth-order valence-electron chi connectivity index (χ4n) is 2.70. The molecule has 128 valence electrons. The van der Waals surface area contributed by atoms with Crippen LogP contribution in [-0.4, -0.2) is 20.9 Å². The van der Waals surface area contributed by atoms with E-state index in [2.05, 4.69) is 15.0 Å². The zero-order valence-electron chi connectivity index (χ0n) is 13.8. The number of aromatic nitrogens is 3. The van der Waals surface area contributed by atoms with Gasteiger partial charge < -0.3 is 15.5 Å². The van der Waals surface area contributed by atoms with Gasteiger partial charge in [0, 0.05) is 11.8 Å². The number of nitrogens with two attached hydrogens (primary N) is 1. The number of benzene rings is 2. The second kappa shape index (κ2) is 6.68. The van der Waals surface area contributed by atoms with Gasteiger partial charge in [-0.2, -0.15) is 0 Å². The Balaban J connectivity index is 1.56. The summed E-state index contributed by atoms with van der Waals surface area (Å²) >= 11 is 0. The number of nitrogens with one attached hydrogen (secondary N) is 1. The van der Waals surface area contributed by atoms with Gasteiger partial charge in [0.25, 0.3) is 5.91 Å². The van der Waals surface area contributed by atoms with E-state index in [4.69, 9.17) is 10.5 Å². The van der Waals surface area contributed by atoms with Gasteiger partial charge in [0.2, 0.25) is 0 Å². The van der Waals surface area contributed by atoms with Crippen molar-refractivity contribution in [1.29, 1.82) is 0 Å². The van der Waals surface area contributed by atoms with Gasteiger partial charge in [-0.25, -0.2) is 9.97 Å². The molecule has 0 unspecified atom stereocenters. The molecule has 0 aliphatic carbocycles. The van der Waals surface area contributed by atoms with Crippen LogP contribution in [-0.2, 0) is 6.61 Å². The molecule has 26 heavy (non-hydrogen) atoms. The monoisotopic (exact) mass is 344 g/mol. The van der Waals surface area contributed by atoms with E-state index in [0.717, 1.165) is 16.9 Å². The normalized spacial score (nSPS) is 10.8. The third-order valence-electron chi connectivity index (χ3n) is 4.03. The summed E-state index contributed by atoms with van der Waals surface area (Å²) in [6.45, 7) is 0.511. The van der Waals surface area contributed by atoms with E-state index in [9.17, 15) is 4.79 Å². The Hall–Kier alpha value is -3.67. The molecule has 0 fully saturated rings. The lowest BCUT2D eigenvalue weighted by Gasteiger charge is -2.06. The third-order valence-corrected chi connectivity index (χ3v) is 4.03. The van der Waals surface area contributed by atoms with Crippen molar-refractivity contribution >= 4 is 17.1 Å². The summed E-state index contributed by atoms with van der Waals surface area (Å²) in [5, 5.41) is 0. The molecule has 6 heteroatoms. The lowest BCUT2D eigenvalue weighted by atomic mass is 10.2. The molecule has 0 saturated heterocycles. The van der Waals surface area contributed by atoms with Crippen LogP contribution >= 0.6 is 0 Å². The topological polar surface area (TPSA) is 93.9 Å². The van der Waals surface area contributed by atoms with Crippen LogP contribution in [0, 0.1) is 0 Å². The number of hydrogen-bond acceptors (Lipinski definition) is 4. The number of imidazole rings is 1. The maximum Gasteiger partial charge on any atom is 0.251 e. The van der Waals surface area contributed by atoms with Crippen LogP contribution in [0.5, 0.6) is 5.75 Å². The number of rotatable bonds is 5. The first-order valence-corrected chi connectivity index (χ1v) is 8.12. The van der Waals surface area contributed by atoms with Crippen LogP contribution in [0.25, 0.3) is 22.6 Å². The van der Waals surface area contributed by atoms with E-state index in [0.29, 0.717) is 29.2 Å². The molecule has 4 rings (SSSR count). The Bertz CT molecular complexity index is 1060. The minimum absolute atomic E-state index is 0.348. The summed E-state index contributed by atoms with van der Waals surface area (Å²) in [6.07, 6.45) is 1.53. The van der Waals surface area contributed by atoms with Crippen molar-refractivity contribution in [3.63, 3.8) is 0 Å². The van der Waals surface area contributed by atoms with Gasteiger partial charge in [-0.1, -0.05) is 30.3 Å². The van der Waals surface area contributed by atoms with Crippen LogP contribution in [0.1, 0.15) is 15.9 Å². The van der Waals surface area contributed by atoms with E-state index in [1.165, 1.54) is 6.20 Å². The fourth-order valence-corrected chi connectivity index (χ4v) is 2.70. The third kappa shape index (κ3) is 3.12. The Kier molecular flexibility index (Phi) is 4.07. The second-order valence-electron chi connectivity index (χ2n) is 5.80. The molecule has 3 N–H and O–H groups in total. The number of amides is 1. The maximum atomic E-state index is 11.5. The molecule has 6 nitrogen and oxygen atoms in total. The lowest BCUT2D eigenvalue weighted by molar-refractivity contribution is 0.100. The number of ether oxygens (including phenoxy) is 1. The summed E-state index contributed by atoms with van der Waals surface area (Å²) in [5.41, 5.74) is 8.72. The fraction of sp³-hybridized carbons (Fsp3) is 0.0500. The molecule has 2 aromatic heterocycles. The van der Waals surface area contributed by atoms with Gasteiger partial charge in [-0.05, 0) is 35.9 Å². The molecule has 0 radical (unpaired) electrons. The molecule has 0 bridgehead atoms. The first kappa shape index (κ1) is 15.8. The number of H-pyrrole nitrogens is 1. The van der Waals surface area contributed by atoms with Gasteiger partial charge in [-0.3, -0.25) is 4.79 Å². The van der Waals surface area contributed by atoms with E-state index in [1.54, 1.807) is 6.07 Å². The average molecular weight is 344 g/mol. The Morgan fingerprint density at radius 3 is 2.54 bits per heavy atom. The minimum atomic E-state index is -0.528.